The predicted octanol–water partition coefficient (Wildman–Crippen LogP) is 5.53. The zero-order chi connectivity index (χ0) is 24.5. The summed E-state index contributed by atoms with van der Waals surface area (Å²) in [6.45, 7) is 14.9. The van der Waals surface area contributed by atoms with Gasteiger partial charge in [0, 0.05) is 12.3 Å². The quantitative estimate of drug-likeness (QED) is 0.486. The molecule has 0 aromatic heterocycles. The molecule has 1 spiro atoms. The van der Waals surface area contributed by atoms with Crippen molar-refractivity contribution in [2.45, 2.75) is 129 Å². The Hall–Kier alpha value is -0.200. The van der Waals surface area contributed by atoms with Gasteiger partial charge in [-0.1, -0.05) is 27.7 Å². The fourth-order valence-electron chi connectivity index (χ4n) is 11.2. The van der Waals surface area contributed by atoms with Crippen LogP contribution in [0.2, 0.25) is 0 Å². The van der Waals surface area contributed by atoms with E-state index in [1.54, 1.807) is 0 Å². The largest absolute Gasteiger partial charge is 0.393 e. The molecule has 1 N–H and O–H groups in total. The first-order valence-corrected chi connectivity index (χ1v) is 14.8. The molecule has 3 aliphatic heterocycles. The van der Waals surface area contributed by atoms with Gasteiger partial charge in [0.1, 0.15) is 0 Å². The summed E-state index contributed by atoms with van der Waals surface area (Å²) < 4.78 is 27.0. The average molecular weight is 489 g/mol. The molecule has 4 saturated carbocycles. The van der Waals surface area contributed by atoms with E-state index in [-0.39, 0.29) is 34.9 Å². The van der Waals surface area contributed by atoms with E-state index in [0.717, 1.165) is 38.7 Å². The Morgan fingerprint density at radius 3 is 2.23 bits per heavy atom. The lowest BCUT2D eigenvalue weighted by Crippen LogP contribution is -2.63. The standard InChI is InChI=1S/C30H48O5/c1-16-7-12-30(32-15-16)17(2)24-22(33-30)14-20-23-19(9-11-29(20,24)6)28(5)10-8-18(31)13-21(28)25-26(23)35-27(3,4)34-25/h16-26,31H,7-15H2,1-6H3/t16-,17+,18+,19+,20+,21-,22+,23-,24+,25-,26-,28-,29+,30-/m1/s1. The second-order valence-corrected chi connectivity index (χ2v) is 14.9. The first-order chi connectivity index (χ1) is 16.5. The van der Waals surface area contributed by atoms with Crippen LogP contribution < -0.4 is 0 Å². The predicted molar refractivity (Wildman–Crippen MR) is 132 cm³/mol. The van der Waals surface area contributed by atoms with Crippen LogP contribution in [-0.2, 0) is 18.9 Å². The maximum Gasteiger partial charge on any atom is 0.171 e. The normalized spacial score (nSPS) is 62.7. The smallest absolute Gasteiger partial charge is 0.171 e. The van der Waals surface area contributed by atoms with Crippen molar-refractivity contribution in [3.63, 3.8) is 0 Å². The summed E-state index contributed by atoms with van der Waals surface area (Å²) in [5.41, 5.74) is 0.489. The molecule has 4 aliphatic carbocycles. The van der Waals surface area contributed by atoms with Gasteiger partial charge < -0.3 is 24.1 Å². The maximum atomic E-state index is 10.7. The van der Waals surface area contributed by atoms with Crippen LogP contribution in [0.1, 0.15) is 92.9 Å². The Morgan fingerprint density at radius 2 is 1.49 bits per heavy atom. The van der Waals surface area contributed by atoms with Crippen molar-refractivity contribution in [2.24, 2.45) is 52.3 Å². The van der Waals surface area contributed by atoms with E-state index < -0.39 is 5.79 Å². The fraction of sp³-hybridized carbons (Fsp3) is 1.00. The summed E-state index contributed by atoms with van der Waals surface area (Å²) in [6, 6.07) is 0. The molecule has 7 fully saturated rings. The average Bonchev–Trinajstić information content (AvgIpc) is 3.37. The lowest BCUT2D eigenvalue weighted by Gasteiger charge is -2.63. The molecule has 5 nitrogen and oxygen atoms in total. The first-order valence-electron chi connectivity index (χ1n) is 14.8. The summed E-state index contributed by atoms with van der Waals surface area (Å²) >= 11 is 0. The number of ether oxygens (including phenoxy) is 4. The third-order valence-corrected chi connectivity index (χ3v) is 12.8. The highest BCUT2D eigenvalue weighted by molar-refractivity contribution is 5.19. The highest BCUT2D eigenvalue weighted by Crippen LogP contribution is 2.72. The summed E-state index contributed by atoms with van der Waals surface area (Å²) in [7, 11) is 0. The van der Waals surface area contributed by atoms with Gasteiger partial charge in [0.2, 0.25) is 0 Å². The summed E-state index contributed by atoms with van der Waals surface area (Å²) in [5, 5.41) is 10.7. The van der Waals surface area contributed by atoms with E-state index in [1.807, 2.05) is 0 Å². The van der Waals surface area contributed by atoms with Crippen LogP contribution in [0.4, 0.5) is 0 Å². The Balaban J connectivity index is 1.24. The van der Waals surface area contributed by atoms with Crippen LogP contribution in [0.3, 0.4) is 0 Å². The maximum absolute atomic E-state index is 10.7. The number of hydrogen-bond donors (Lipinski definition) is 1. The minimum Gasteiger partial charge on any atom is -0.393 e. The molecule has 14 atom stereocenters. The number of aliphatic hydroxyl groups excluding tert-OH is 1. The highest BCUT2D eigenvalue weighted by Gasteiger charge is 2.73. The Kier molecular flexibility index (Phi) is 5.09. The Bertz CT molecular complexity index is 865. The van der Waals surface area contributed by atoms with Crippen molar-refractivity contribution in [1.29, 1.82) is 0 Å². The van der Waals surface area contributed by atoms with E-state index in [4.69, 9.17) is 18.9 Å². The van der Waals surface area contributed by atoms with Crippen molar-refractivity contribution in [1.82, 2.24) is 0 Å². The SMILES string of the molecule is C[C@@H]1CC[C@@]2(OC1)O[C@H]1C[C@H]3[C@@H]4[C@H]5OC(C)(C)O[C@@H]5[C@H]5C[C@@H](O)CC[C@]5(C)[C@H]4CC[C@]3(C)[C@H]1[C@@H]2C. The van der Waals surface area contributed by atoms with Crippen LogP contribution >= 0.6 is 0 Å². The minimum atomic E-state index is -0.545. The van der Waals surface area contributed by atoms with Gasteiger partial charge in [0.15, 0.2) is 11.6 Å². The molecule has 0 radical (unpaired) electrons. The molecule has 35 heavy (non-hydrogen) atoms. The third kappa shape index (κ3) is 3.11. The van der Waals surface area contributed by atoms with Crippen LogP contribution in [-0.4, -0.2) is 47.7 Å². The Morgan fingerprint density at radius 1 is 0.743 bits per heavy atom. The van der Waals surface area contributed by atoms with Gasteiger partial charge >= 0.3 is 0 Å². The van der Waals surface area contributed by atoms with E-state index in [1.165, 1.54) is 19.3 Å². The lowest BCUT2D eigenvalue weighted by molar-refractivity contribution is -0.274. The minimum absolute atomic E-state index is 0.0989. The van der Waals surface area contributed by atoms with Gasteiger partial charge in [-0.25, -0.2) is 0 Å². The lowest BCUT2D eigenvalue weighted by atomic mass is 9.43. The van der Waals surface area contributed by atoms with Crippen LogP contribution in [0.5, 0.6) is 0 Å². The van der Waals surface area contributed by atoms with Gasteiger partial charge in [-0.15, -0.1) is 0 Å². The molecule has 3 saturated heterocycles. The topological polar surface area (TPSA) is 57.2 Å². The number of fused-ring (bicyclic) bond motifs is 10. The molecule has 0 aromatic carbocycles. The molecule has 198 valence electrons. The van der Waals surface area contributed by atoms with Gasteiger partial charge in [-0.05, 0) is 105 Å². The molecular weight excluding hydrogens is 440 g/mol. The molecule has 7 rings (SSSR count). The van der Waals surface area contributed by atoms with Crippen molar-refractivity contribution in [3.8, 4) is 0 Å². The number of aliphatic hydroxyl groups is 1. The van der Waals surface area contributed by atoms with Gasteiger partial charge in [-0.3, -0.25) is 0 Å². The van der Waals surface area contributed by atoms with Crippen molar-refractivity contribution >= 4 is 0 Å². The second-order valence-electron chi connectivity index (χ2n) is 14.9. The van der Waals surface area contributed by atoms with E-state index in [0.29, 0.717) is 47.5 Å². The molecule has 3 heterocycles. The molecule has 5 heteroatoms. The number of rotatable bonds is 0. The monoisotopic (exact) mass is 488 g/mol. The highest BCUT2D eigenvalue weighted by atomic mass is 16.8. The zero-order valence-corrected chi connectivity index (χ0v) is 22.8. The second kappa shape index (κ2) is 7.46. The molecular formula is C30H48O5. The summed E-state index contributed by atoms with van der Waals surface area (Å²) in [4.78, 5) is 0. The molecule has 0 amide bonds. The van der Waals surface area contributed by atoms with Crippen molar-refractivity contribution < 1.29 is 24.1 Å². The van der Waals surface area contributed by atoms with Crippen molar-refractivity contribution in [2.75, 3.05) is 6.61 Å². The van der Waals surface area contributed by atoms with Crippen LogP contribution in [0.25, 0.3) is 0 Å². The summed E-state index contributed by atoms with van der Waals surface area (Å²) in [5.74, 6) is 2.90. The molecule has 0 unspecified atom stereocenters. The van der Waals surface area contributed by atoms with E-state index >= 15 is 0 Å². The molecule has 7 aliphatic rings. The third-order valence-electron chi connectivity index (χ3n) is 12.8. The molecule has 0 bridgehead atoms. The van der Waals surface area contributed by atoms with E-state index in [2.05, 4.69) is 41.5 Å². The van der Waals surface area contributed by atoms with Crippen molar-refractivity contribution in [3.05, 3.63) is 0 Å². The fourth-order valence-corrected chi connectivity index (χ4v) is 11.2. The van der Waals surface area contributed by atoms with Gasteiger partial charge in [0.05, 0.1) is 31.0 Å². The van der Waals surface area contributed by atoms with Crippen LogP contribution in [0.15, 0.2) is 0 Å². The Labute approximate surface area is 212 Å². The van der Waals surface area contributed by atoms with Crippen LogP contribution in [0, 0.1) is 52.3 Å². The van der Waals surface area contributed by atoms with Gasteiger partial charge in [0.25, 0.3) is 0 Å². The summed E-state index contributed by atoms with van der Waals surface area (Å²) in [6.07, 6.45) is 9.23. The first kappa shape index (κ1) is 23.9. The molecule has 0 aromatic rings. The van der Waals surface area contributed by atoms with Gasteiger partial charge in [-0.2, -0.15) is 0 Å². The van der Waals surface area contributed by atoms with E-state index in [9.17, 15) is 5.11 Å². The number of hydrogen-bond acceptors (Lipinski definition) is 5. The zero-order valence-electron chi connectivity index (χ0n) is 22.8.